The number of furan rings is 1. The standard InChI is InChI=1S/C18H14BrClO/c19-18-16(10-11-21-18)17(20)15-8-6-14(7-9-15)12-13-4-2-1-3-5-13/h1-11,17H,12H2. The third kappa shape index (κ3) is 3.39. The zero-order valence-corrected chi connectivity index (χ0v) is 13.6. The van der Waals surface area contributed by atoms with Crippen LogP contribution in [0.1, 0.15) is 27.6 Å². The van der Waals surface area contributed by atoms with Gasteiger partial charge in [0.1, 0.15) is 0 Å². The van der Waals surface area contributed by atoms with Crippen LogP contribution in [0.25, 0.3) is 0 Å². The lowest BCUT2D eigenvalue weighted by atomic mass is 10.0. The van der Waals surface area contributed by atoms with Gasteiger partial charge in [0.15, 0.2) is 4.67 Å². The third-order valence-corrected chi connectivity index (χ3v) is 4.57. The van der Waals surface area contributed by atoms with E-state index < -0.39 is 0 Å². The maximum Gasteiger partial charge on any atom is 0.173 e. The summed E-state index contributed by atoms with van der Waals surface area (Å²) in [6, 6.07) is 20.8. The molecule has 3 heteroatoms. The van der Waals surface area contributed by atoms with Crippen LogP contribution in [0.15, 0.2) is 76.0 Å². The molecule has 0 radical (unpaired) electrons. The van der Waals surface area contributed by atoms with Crippen LogP contribution >= 0.6 is 27.5 Å². The number of rotatable bonds is 4. The van der Waals surface area contributed by atoms with E-state index in [9.17, 15) is 0 Å². The van der Waals surface area contributed by atoms with Crippen molar-refractivity contribution in [3.63, 3.8) is 0 Å². The molecule has 1 unspecified atom stereocenters. The van der Waals surface area contributed by atoms with Crippen molar-refractivity contribution >= 4 is 27.5 Å². The molecular formula is C18H14BrClO. The summed E-state index contributed by atoms with van der Waals surface area (Å²) in [5.41, 5.74) is 4.60. The van der Waals surface area contributed by atoms with E-state index in [-0.39, 0.29) is 5.38 Å². The highest BCUT2D eigenvalue weighted by Gasteiger charge is 2.15. The second-order valence-corrected chi connectivity index (χ2v) is 6.07. The van der Waals surface area contributed by atoms with Gasteiger partial charge in [0.2, 0.25) is 0 Å². The molecule has 0 saturated heterocycles. The highest BCUT2D eigenvalue weighted by molar-refractivity contribution is 9.10. The maximum atomic E-state index is 6.50. The van der Waals surface area contributed by atoms with Gasteiger partial charge in [-0.1, -0.05) is 54.6 Å². The fraction of sp³-hybridized carbons (Fsp3) is 0.111. The maximum absolute atomic E-state index is 6.50. The predicted octanol–water partition coefficient (Wildman–Crippen LogP) is 5.96. The molecule has 2 aromatic carbocycles. The molecular weight excluding hydrogens is 348 g/mol. The molecule has 106 valence electrons. The van der Waals surface area contributed by atoms with Crippen molar-refractivity contribution < 1.29 is 4.42 Å². The Balaban J connectivity index is 1.77. The van der Waals surface area contributed by atoms with E-state index in [4.69, 9.17) is 16.0 Å². The molecule has 1 nitrogen and oxygen atoms in total. The van der Waals surface area contributed by atoms with Gasteiger partial charge in [-0.3, -0.25) is 0 Å². The summed E-state index contributed by atoms with van der Waals surface area (Å²) in [5.74, 6) is 0. The second kappa shape index (κ2) is 6.50. The highest BCUT2D eigenvalue weighted by atomic mass is 79.9. The smallest absolute Gasteiger partial charge is 0.173 e. The Hall–Kier alpha value is -1.51. The Labute approximate surface area is 137 Å². The summed E-state index contributed by atoms with van der Waals surface area (Å²) in [7, 11) is 0. The van der Waals surface area contributed by atoms with E-state index in [1.165, 1.54) is 11.1 Å². The van der Waals surface area contributed by atoms with Crippen molar-refractivity contribution in [3.05, 3.63) is 93.9 Å². The van der Waals surface area contributed by atoms with Gasteiger partial charge in [0.25, 0.3) is 0 Å². The average molecular weight is 362 g/mol. The third-order valence-electron chi connectivity index (χ3n) is 3.44. The average Bonchev–Trinajstić information content (AvgIpc) is 2.94. The molecule has 0 bridgehead atoms. The summed E-state index contributed by atoms with van der Waals surface area (Å²) in [6.45, 7) is 0. The molecule has 3 rings (SSSR count). The largest absolute Gasteiger partial charge is 0.457 e. The zero-order valence-electron chi connectivity index (χ0n) is 11.3. The van der Waals surface area contributed by atoms with Crippen molar-refractivity contribution in [2.75, 3.05) is 0 Å². The van der Waals surface area contributed by atoms with E-state index in [1.807, 2.05) is 12.1 Å². The van der Waals surface area contributed by atoms with Crippen LogP contribution in [-0.2, 0) is 6.42 Å². The molecule has 21 heavy (non-hydrogen) atoms. The van der Waals surface area contributed by atoms with Gasteiger partial charge in [-0.2, -0.15) is 0 Å². The Morgan fingerprint density at radius 2 is 1.57 bits per heavy atom. The summed E-state index contributed by atoms with van der Waals surface area (Å²) in [6.07, 6.45) is 2.57. The fourth-order valence-corrected chi connectivity index (χ4v) is 3.22. The number of hydrogen-bond donors (Lipinski definition) is 0. The van der Waals surface area contributed by atoms with Crippen molar-refractivity contribution in [2.24, 2.45) is 0 Å². The second-order valence-electron chi connectivity index (χ2n) is 4.92. The number of benzene rings is 2. The number of hydrogen-bond acceptors (Lipinski definition) is 1. The lowest BCUT2D eigenvalue weighted by molar-refractivity contribution is 0.537. The van der Waals surface area contributed by atoms with Gasteiger partial charge in [-0.25, -0.2) is 0 Å². The fourth-order valence-electron chi connectivity index (χ4n) is 2.30. The quantitative estimate of drug-likeness (QED) is 0.522. The zero-order chi connectivity index (χ0) is 14.7. The molecule has 0 saturated carbocycles. The first-order valence-corrected chi connectivity index (χ1v) is 7.96. The van der Waals surface area contributed by atoms with Crippen molar-refractivity contribution in [1.29, 1.82) is 0 Å². The molecule has 0 aliphatic carbocycles. The molecule has 3 aromatic rings. The van der Waals surface area contributed by atoms with Gasteiger partial charge >= 0.3 is 0 Å². The van der Waals surface area contributed by atoms with E-state index >= 15 is 0 Å². The Morgan fingerprint density at radius 1 is 0.905 bits per heavy atom. The summed E-state index contributed by atoms with van der Waals surface area (Å²) in [5, 5.41) is -0.205. The van der Waals surface area contributed by atoms with E-state index in [1.54, 1.807) is 6.26 Å². The SMILES string of the molecule is ClC(c1ccc(Cc2ccccc2)cc1)c1ccoc1Br. The first kappa shape index (κ1) is 14.4. The highest BCUT2D eigenvalue weighted by Crippen LogP contribution is 2.34. The molecule has 0 fully saturated rings. The van der Waals surface area contributed by atoms with Gasteiger partial charge in [-0.05, 0) is 45.1 Å². The van der Waals surface area contributed by atoms with Crippen LogP contribution in [0.3, 0.4) is 0 Å². The monoisotopic (exact) mass is 360 g/mol. The molecule has 0 aliphatic heterocycles. The minimum absolute atomic E-state index is 0.205. The van der Waals surface area contributed by atoms with Gasteiger partial charge in [-0.15, -0.1) is 11.6 Å². The Morgan fingerprint density at radius 3 is 2.19 bits per heavy atom. The lowest BCUT2D eigenvalue weighted by Gasteiger charge is -2.09. The molecule has 0 amide bonds. The van der Waals surface area contributed by atoms with E-state index in [0.717, 1.165) is 17.5 Å². The van der Waals surface area contributed by atoms with Crippen LogP contribution in [0.5, 0.6) is 0 Å². The molecule has 0 spiro atoms. The van der Waals surface area contributed by atoms with Crippen LogP contribution in [0, 0.1) is 0 Å². The minimum Gasteiger partial charge on any atom is -0.457 e. The first-order chi connectivity index (χ1) is 10.2. The summed E-state index contributed by atoms with van der Waals surface area (Å²) >= 11 is 9.87. The molecule has 0 N–H and O–H groups in total. The van der Waals surface area contributed by atoms with Crippen molar-refractivity contribution in [3.8, 4) is 0 Å². The Kier molecular flexibility index (Phi) is 4.47. The minimum atomic E-state index is -0.205. The topological polar surface area (TPSA) is 13.1 Å². The first-order valence-electron chi connectivity index (χ1n) is 6.74. The molecule has 0 aliphatic rings. The van der Waals surface area contributed by atoms with Crippen LogP contribution < -0.4 is 0 Å². The van der Waals surface area contributed by atoms with E-state index in [2.05, 4.69) is 64.5 Å². The molecule has 1 aromatic heterocycles. The number of halogens is 2. The molecule has 1 heterocycles. The lowest BCUT2D eigenvalue weighted by Crippen LogP contribution is -1.94. The normalized spacial score (nSPS) is 12.3. The van der Waals surface area contributed by atoms with Crippen molar-refractivity contribution in [2.45, 2.75) is 11.8 Å². The van der Waals surface area contributed by atoms with Crippen LogP contribution in [0.2, 0.25) is 0 Å². The summed E-state index contributed by atoms with van der Waals surface area (Å²) < 4.78 is 5.93. The van der Waals surface area contributed by atoms with Gasteiger partial charge in [0.05, 0.1) is 11.6 Å². The van der Waals surface area contributed by atoms with E-state index in [0.29, 0.717) is 4.67 Å². The number of alkyl halides is 1. The van der Waals surface area contributed by atoms with Crippen LogP contribution in [-0.4, -0.2) is 0 Å². The van der Waals surface area contributed by atoms with Crippen LogP contribution in [0.4, 0.5) is 0 Å². The Bertz CT molecular complexity index is 704. The summed E-state index contributed by atoms with van der Waals surface area (Å²) in [4.78, 5) is 0. The van der Waals surface area contributed by atoms with Gasteiger partial charge < -0.3 is 4.42 Å². The van der Waals surface area contributed by atoms with Crippen molar-refractivity contribution in [1.82, 2.24) is 0 Å². The van der Waals surface area contributed by atoms with Gasteiger partial charge in [0, 0.05) is 5.56 Å². The molecule has 1 atom stereocenters. The predicted molar refractivity (Wildman–Crippen MR) is 89.8 cm³/mol.